The van der Waals surface area contributed by atoms with Crippen LogP contribution in [-0.4, -0.2) is 14.2 Å². The predicted molar refractivity (Wildman–Crippen MR) is 82.6 cm³/mol. The summed E-state index contributed by atoms with van der Waals surface area (Å²) in [5, 5.41) is 12.0. The summed E-state index contributed by atoms with van der Waals surface area (Å²) in [4.78, 5) is 0. The standard InChI is InChI=1S/C17H18N2O2/c1-20-16-9-14(10-17(11-16)21-2)12-19-15-5-3-13(4-6-15)7-8-18/h3-6,9-11,19H,7,12H2,1-2H3. The molecule has 2 rings (SSSR count). The van der Waals surface area contributed by atoms with Crippen molar-refractivity contribution in [2.45, 2.75) is 13.0 Å². The number of nitrogens with one attached hydrogen (secondary N) is 1. The number of methoxy groups -OCH3 is 2. The number of benzene rings is 2. The van der Waals surface area contributed by atoms with Crippen molar-refractivity contribution in [3.05, 3.63) is 53.6 Å². The molecule has 0 fully saturated rings. The Morgan fingerprint density at radius 1 is 0.952 bits per heavy atom. The lowest BCUT2D eigenvalue weighted by atomic mass is 10.1. The van der Waals surface area contributed by atoms with Crippen molar-refractivity contribution in [1.82, 2.24) is 0 Å². The lowest BCUT2D eigenvalue weighted by molar-refractivity contribution is 0.393. The summed E-state index contributed by atoms with van der Waals surface area (Å²) >= 11 is 0. The molecule has 0 unspecified atom stereocenters. The van der Waals surface area contributed by atoms with Crippen LogP contribution in [0.2, 0.25) is 0 Å². The van der Waals surface area contributed by atoms with Gasteiger partial charge in [-0.2, -0.15) is 5.26 Å². The monoisotopic (exact) mass is 282 g/mol. The number of nitrogens with zero attached hydrogens (tertiary/aromatic N) is 1. The molecular weight excluding hydrogens is 264 g/mol. The van der Waals surface area contributed by atoms with Crippen molar-refractivity contribution < 1.29 is 9.47 Å². The number of rotatable bonds is 6. The molecule has 0 atom stereocenters. The summed E-state index contributed by atoms with van der Waals surface area (Å²) in [7, 11) is 3.28. The molecular formula is C17H18N2O2. The van der Waals surface area contributed by atoms with Crippen LogP contribution in [-0.2, 0) is 13.0 Å². The highest BCUT2D eigenvalue weighted by Crippen LogP contribution is 2.23. The van der Waals surface area contributed by atoms with Gasteiger partial charge in [0.1, 0.15) is 11.5 Å². The summed E-state index contributed by atoms with van der Waals surface area (Å²) in [6, 6.07) is 15.8. The lowest BCUT2D eigenvalue weighted by Gasteiger charge is -2.10. The molecule has 1 N–H and O–H groups in total. The van der Waals surface area contributed by atoms with E-state index in [-0.39, 0.29) is 0 Å². The zero-order valence-corrected chi connectivity index (χ0v) is 12.2. The fourth-order valence-corrected chi connectivity index (χ4v) is 2.00. The second-order valence-electron chi connectivity index (χ2n) is 4.61. The Hall–Kier alpha value is -2.67. The van der Waals surface area contributed by atoms with Crippen molar-refractivity contribution in [1.29, 1.82) is 5.26 Å². The molecule has 4 nitrogen and oxygen atoms in total. The smallest absolute Gasteiger partial charge is 0.122 e. The molecule has 0 saturated carbocycles. The Kier molecular flexibility index (Phi) is 5.05. The van der Waals surface area contributed by atoms with Crippen LogP contribution in [0.1, 0.15) is 11.1 Å². The molecule has 0 spiro atoms. The quantitative estimate of drug-likeness (QED) is 0.882. The Balaban J connectivity index is 2.03. The minimum absolute atomic E-state index is 0.438. The molecule has 0 aliphatic heterocycles. The number of ether oxygens (including phenoxy) is 2. The van der Waals surface area contributed by atoms with Gasteiger partial charge in [0.15, 0.2) is 0 Å². The summed E-state index contributed by atoms with van der Waals surface area (Å²) in [5.41, 5.74) is 3.11. The zero-order valence-electron chi connectivity index (χ0n) is 12.2. The molecule has 0 aliphatic carbocycles. The van der Waals surface area contributed by atoms with Crippen molar-refractivity contribution >= 4 is 5.69 Å². The van der Waals surface area contributed by atoms with Gasteiger partial charge in [-0.3, -0.25) is 0 Å². The van der Waals surface area contributed by atoms with Crippen LogP contribution in [0, 0.1) is 11.3 Å². The van der Waals surface area contributed by atoms with Gasteiger partial charge in [-0.25, -0.2) is 0 Å². The van der Waals surface area contributed by atoms with Crippen molar-refractivity contribution in [3.8, 4) is 17.6 Å². The predicted octanol–water partition coefficient (Wildman–Crippen LogP) is 3.38. The van der Waals surface area contributed by atoms with E-state index in [4.69, 9.17) is 14.7 Å². The molecule has 0 bridgehead atoms. The molecule has 108 valence electrons. The fraction of sp³-hybridized carbons (Fsp3) is 0.235. The van der Waals surface area contributed by atoms with Crippen LogP contribution in [0.4, 0.5) is 5.69 Å². The topological polar surface area (TPSA) is 54.3 Å². The van der Waals surface area contributed by atoms with Crippen molar-refractivity contribution in [2.24, 2.45) is 0 Å². The van der Waals surface area contributed by atoms with Crippen LogP contribution in [0.25, 0.3) is 0 Å². The second kappa shape index (κ2) is 7.20. The van der Waals surface area contributed by atoms with Crippen molar-refractivity contribution in [3.63, 3.8) is 0 Å². The van der Waals surface area contributed by atoms with E-state index >= 15 is 0 Å². The average Bonchev–Trinajstić information content (AvgIpc) is 2.54. The van der Waals surface area contributed by atoms with Gasteiger partial charge >= 0.3 is 0 Å². The third-order valence-electron chi connectivity index (χ3n) is 3.14. The van der Waals surface area contributed by atoms with Gasteiger partial charge in [-0.15, -0.1) is 0 Å². The van der Waals surface area contributed by atoms with Gasteiger partial charge in [-0.1, -0.05) is 12.1 Å². The molecule has 0 aliphatic rings. The Morgan fingerprint density at radius 2 is 1.57 bits per heavy atom. The number of nitriles is 1. The summed E-state index contributed by atoms with van der Waals surface area (Å²) in [5.74, 6) is 1.55. The molecule has 4 heteroatoms. The highest BCUT2D eigenvalue weighted by Gasteiger charge is 2.02. The van der Waals surface area contributed by atoms with Gasteiger partial charge < -0.3 is 14.8 Å². The lowest BCUT2D eigenvalue weighted by Crippen LogP contribution is -2.00. The van der Waals surface area contributed by atoms with Gasteiger partial charge in [-0.05, 0) is 35.4 Å². The first-order valence-corrected chi connectivity index (χ1v) is 6.67. The Bertz CT molecular complexity index is 608. The van der Waals surface area contributed by atoms with E-state index < -0.39 is 0 Å². The van der Waals surface area contributed by atoms with Crippen LogP contribution in [0.5, 0.6) is 11.5 Å². The van der Waals surface area contributed by atoms with Crippen LogP contribution >= 0.6 is 0 Å². The minimum atomic E-state index is 0.438. The van der Waals surface area contributed by atoms with E-state index in [1.165, 1.54) is 0 Å². The maximum atomic E-state index is 8.65. The zero-order chi connectivity index (χ0) is 15.1. The van der Waals surface area contributed by atoms with Gasteiger partial charge in [0.05, 0.1) is 26.7 Å². The normalized spacial score (nSPS) is 9.76. The average molecular weight is 282 g/mol. The van der Waals surface area contributed by atoms with E-state index in [0.29, 0.717) is 13.0 Å². The molecule has 2 aromatic carbocycles. The Morgan fingerprint density at radius 3 is 2.10 bits per heavy atom. The minimum Gasteiger partial charge on any atom is -0.497 e. The summed E-state index contributed by atoms with van der Waals surface area (Å²) < 4.78 is 10.5. The van der Waals surface area contributed by atoms with Crippen LogP contribution in [0.3, 0.4) is 0 Å². The molecule has 21 heavy (non-hydrogen) atoms. The van der Waals surface area contributed by atoms with E-state index in [9.17, 15) is 0 Å². The Labute approximate surface area is 124 Å². The van der Waals surface area contributed by atoms with Gasteiger partial charge in [0.25, 0.3) is 0 Å². The van der Waals surface area contributed by atoms with E-state index in [2.05, 4.69) is 11.4 Å². The summed E-state index contributed by atoms with van der Waals surface area (Å²) in [6.45, 7) is 0.672. The molecule has 2 aromatic rings. The molecule has 0 amide bonds. The van der Waals surface area contributed by atoms with Gasteiger partial charge in [0.2, 0.25) is 0 Å². The summed E-state index contributed by atoms with van der Waals surface area (Å²) in [6.07, 6.45) is 0.438. The maximum Gasteiger partial charge on any atom is 0.122 e. The molecule has 0 radical (unpaired) electrons. The van der Waals surface area contributed by atoms with E-state index in [1.807, 2.05) is 42.5 Å². The van der Waals surface area contributed by atoms with E-state index in [0.717, 1.165) is 28.3 Å². The first-order valence-electron chi connectivity index (χ1n) is 6.67. The van der Waals surface area contributed by atoms with Crippen molar-refractivity contribution in [2.75, 3.05) is 19.5 Å². The maximum absolute atomic E-state index is 8.65. The SMILES string of the molecule is COc1cc(CNc2ccc(CC#N)cc2)cc(OC)c1. The highest BCUT2D eigenvalue weighted by atomic mass is 16.5. The molecule has 0 heterocycles. The van der Waals surface area contributed by atoms with Gasteiger partial charge in [0, 0.05) is 18.3 Å². The fourth-order valence-electron chi connectivity index (χ4n) is 2.00. The molecule has 0 saturated heterocycles. The molecule has 0 aromatic heterocycles. The number of anilines is 1. The highest BCUT2D eigenvalue weighted by molar-refractivity contribution is 5.47. The van der Waals surface area contributed by atoms with E-state index in [1.54, 1.807) is 14.2 Å². The van der Waals surface area contributed by atoms with Crippen LogP contribution in [0.15, 0.2) is 42.5 Å². The first kappa shape index (κ1) is 14.7. The first-order chi connectivity index (χ1) is 10.2. The third kappa shape index (κ3) is 4.15. The largest absolute Gasteiger partial charge is 0.497 e. The second-order valence-corrected chi connectivity index (χ2v) is 4.61. The number of hydrogen-bond donors (Lipinski definition) is 1. The number of hydrogen-bond acceptors (Lipinski definition) is 4. The van der Waals surface area contributed by atoms with Crippen LogP contribution < -0.4 is 14.8 Å². The third-order valence-corrected chi connectivity index (χ3v) is 3.14.